The maximum absolute atomic E-state index is 14.6. The molecule has 2 aromatic rings. The summed E-state index contributed by atoms with van der Waals surface area (Å²) in [6, 6.07) is 6.93. The SMILES string of the molecule is CC[C@@H](C)c1ccc(Cl)c(Oc2ccc(N(C)C)nc2)c1F. The summed E-state index contributed by atoms with van der Waals surface area (Å²) in [6.45, 7) is 3.99. The lowest BCUT2D eigenvalue weighted by atomic mass is 9.98. The van der Waals surface area contributed by atoms with Gasteiger partial charge in [0.05, 0.1) is 11.2 Å². The zero-order chi connectivity index (χ0) is 16.3. The van der Waals surface area contributed by atoms with E-state index < -0.39 is 5.82 Å². The minimum Gasteiger partial charge on any atom is -0.451 e. The van der Waals surface area contributed by atoms with E-state index in [0.29, 0.717) is 11.3 Å². The van der Waals surface area contributed by atoms with Gasteiger partial charge in [0.15, 0.2) is 11.6 Å². The molecule has 1 aromatic heterocycles. The minimum atomic E-state index is -0.404. The van der Waals surface area contributed by atoms with Crippen molar-refractivity contribution in [3.8, 4) is 11.5 Å². The normalized spacial score (nSPS) is 12.1. The van der Waals surface area contributed by atoms with Crippen molar-refractivity contribution < 1.29 is 9.13 Å². The molecule has 22 heavy (non-hydrogen) atoms. The average molecular weight is 323 g/mol. The van der Waals surface area contributed by atoms with Crippen molar-refractivity contribution in [2.45, 2.75) is 26.2 Å². The topological polar surface area (TPSA) is 25.4 Å². The van der Waals surface area contributed by atoms with Gasteiger partial charge in [-0.05, 0) is 36.1 Å². The van der Waals surface area contributed by atoms with Crippen LogP contribution < -0.4 is 9.64 Å². The largest absolute Gasteiger partial charge is 0.451 e. The summed E-state index contributed by atoms with van der Waals surface area (Å²) in [5.74, 6) is 1.01. The molecule has 0 aliphatic carbocycles. The molecule has 2 rings (SSSR count). The number of hydrogen-bond donors (Lipinski definition) is 0. The molecule has 1 atom stereocenters. The molecule has 0 N–H and O–H groups in total. The summed E-state index contributed by atoms with van der Waals surface area (Å²) in [5.41, 5.74) is 0.611. The van der Waals surface area contributed by atoms with E-state index in [1.165, 1.54) is 0 Å². The van der Waals surface area contributed by atoms with Crippen LogP contribution in [0, 0.1) is 5.82 Å². The molecule has 0 amide bonds. The molecule has 5 heteroatoms. The summed E-state index contributed by atoms with van der Waals surface area (Å²) in [6.07, 6.45) is 2.40. The first-order valence-electron chi connectivity index (χ1n) is 7.23. The molecule has 1 heterocycles. The van der Waals surface area contributed by atoms with Gasteiger partial charge in [-0.1, -0.05) is 31.5 Å². The van der Waals surface area contributed by atoms with Gasteiger partial charge in [0.25, 0.3) is 0 Å². The van der Waals surface area contributed by atoms with E-state index in [1.54, 1.807) is 30.5 Å². The van der Waals surface area contributed by atoms with Crippen molar-refractivity contribution in [1.29, 1.82) is 0 Å². The van der Waals surface area contributed by atoms with Crippen LogP contribution in [0.25, 0.3) is 0 Å². The molecule has 0 spiro atoms. The Labute approximate surface area is 135 Å². The van der Waals surface area contributed by atoms with E-state index >= 15 is 0 Å². The van der Waals surface area contributed by atoms with Gasteiger partial charge >= 0.3 is 0 Å². The highest BCUT2D eigenvalue weighted by Gasteiger charge is 2.18. The van der Waals surface area contributed by atoms with Crippen LogP contribution in [0.15, 0.2) is 30.5 Å². The van der Waals surface area contributed by atoms with Gasteiger partial charge in [0, 0.05) is 14.1 Å². The van der Waals surface area contributed by atoms with Crippen LogP contribution >= 0.6 is 11.6 Å². The zero-order valence-electron chi connectivity index (χ0n) is 13.2. The number of pyridine rings is 1. The fourth-order valence-electron chi connectivity index (χ4n) is 2.06. The van der Waals surface area contributed by atoms with Crippen LogP contribution in [0.3, 0.4) is 0 Å². The number of benzene rings is 1. The molecular weight excluding hydrogens is 303 g/mol. The molecule has 0 saturated heterocycles. The highest BCUT2D eigenvalue weighted by Crippen LogP contribution is 2.36. The molecule has 0 bridgehead atoms. The molecule has 118 valence electrons. The molecule has 1 aromatic carbocycles. The first kappa shape index (κ1) is 16.6. The molecule has 0 unspecified atom stereocenters. The van der Waals surface area contributed by atoms with Gasteiger partial charge in [0.1, 0.15) is 11.6 Å². The van der Waals surface area contributed by atoms with Crippen LogP contribution in [-0.4, -0.2) is 19.1 Å². The van der Waals surface area contributed by atoms with Gasteiger partial charge < -0.3 is 9.64 Å². The molecule has 0 fully saturated rings. The Morgan fingerprint density at radius 1 is 1.27 bits per heavy atom. The summed E-state index contributed by atoms with van der Waals surface area (Å²) in [7, 11) is 3.80. The summed E-state index contributed by atoms with van der Waals surface area (Å²) < 4.78 is 20.2. The maximum Gasteiger partial charge on any atom is 0.181 e. The van der Waals surface area contributed by atoms with Crippen molar-refractivity contribution in [1.82, 2.24) is 4.98 Å². The number of hydrogen-bond acceptors (Lipinski definition) is 3. The van der Waals surface area contributed by atoms with E-state index in [4.69, 9.17) is 16.3 Å². The van der Waals surface area contributed by atoms with Gasteiger partial charge in [-0.2, -0.15) is 0 Å². The molecule has 0 saturated carbocycles. The maximum atomic E-state index is 14.6. The fourth-order valence-corrected chi connectivity index (χ4v) is 2.24. The first-order chi connectivity index (χ1) is 10.4. The third-order valence-electron chi connectivity index (χ3n) is 3.62. The third kappa shape index (κ3) is 3.50. The van der Waals surface area contributed by atoms with E-state index in [-0.39, 0.29) is 16.7 Å². The number of ether oxygens (including phenoxy) is 1. The van der Waals surface area contributed by atoms with E-state index in [2.05, 4.69) is 4.98 Å². The lowest BCUT2D eigenvalue weighted by Gasteiger charge is -2.16. The Hall–Kier alpha value is -1.81. The Morgan fingerprint density at radius 2 is 2.00 bits per heavy atom. The number of aromatic nitrogens is 1. The van der Waals surface area contributed by atoms with Gasteiger partial charge in [-0.15, -0.1) is 0 Å². The Morgan fingerprint density at radius 3 is 2.55 bits per heavy atom. The second-order valence-corrected chi connectivity index (χ2v) is 5.84. The monoisotopic (exact) mass is 322 g/mol. The predicted octanol–water partition coefficient (Wildman–Crippen LogP) is 5.25. The molecule has 0 aliphatic rings. The van der Waals surface area contributed by atoms with Crippen LogP contribution in [0.5, 0.6) is 11.5 Å². The molecule has 0 aliphatic heterocycles. The minimum absolute atomic E-state index is 0.0545. The first-order valence-corrected chi connectivity index (χ1v) is 7.61. The zero-order valence-corrected chi connectivity index (χ0v) is 14.0. The average Bonchev–Trinajstić information content (AvgIpc) is 2.51. The highest BCUT2D eigenvalue weighted by molar-refractivity contribution is 6.32. The van der Waals surface area contributed by atoms with Crippen molar-refractivity contribution in [3.05, 3.63) is 46.9 Å². The van der Waals surface area contributed by atoms with Crippen molar-refractivity contribution in [2.24, 2.45) is 0 Å². The van der Waals surface area contributed by atoms with Gasteiger partial charge in [0.2, 0.25) is 0 Å². The van der Waals surface area contributed by atoms with Crippen LogP contribution in [0.1, 0.15) is 31.7 Å². The molecule has 0 radical (unpaired) electrons. The van der Waals surface area contributed by atoms with E-state index in [0.717, 1.165) is 12.2 Å². The molecular formula is C17H20ClFN2O. The fraction of sp³-hybridized carbons (Fsp3) is 0.353. The van der Waals surface area contributed by atoms with E-state index in [9.17, 15) is 4.39 Å². The predicted molar refractivity (Wildman–Crippen MR) is 88.8 cm³/mol. The summed E-state index contributed by atoms with van der Waals surface area (Å²) in [4.78, 5) is 6.12. The number of halogens is 2. The number of rotatable bonds is 5. The van der Waals surface area contributed by atoms with Crippen molar-refractivity contribution >= 4 is 17.4 Å². The van der Waals surface area contributed by atoms with E-state index in [1.807, 2.05) is 32.8 Å². The second kappa shape index (κ2) is 6.97. The Kier molecular flexibility index (Phi) is 5.24. The second-order valence-electron chi connectivity index (χ2n) is 5.44. The molecule has 3 nitrogen and oxygen atoms in total. The standard InChI is InChI=1S/C17H20ClFN2O/c1-5-11(2)13-7-8-14(18)17(16(13)19)22-12-6-9-15(20-10-12)21(3)4/h6-11H,5H2,1-4H3/t11-/m1/s1. The van der Waals surface area contributed by atoms with Crippen LogP contribution in [0.4, 0.5) is 10.2 Å². The summed E-state index contributed by atoms with van der Waals surface area (Å²) in [5, 5.41) is 0.251. The van der Waals surface area contributed by atoms with Crippen LogP contribution in [-0.2, 0) is 0 Å². The highest BCUT2D eigenvalue weighted by atomic mass is 35.5. The lowest BCUT2D eigenvalue weighted by Crippen LogP contribution is -2.10. The Bertz CT molecular complexity index is 644. The lowest BCUT2D eigenvalue weighted by molar-refractivity contribution is 0.434. The number of anilines is 1. The number of nitrogens with zero attached hydrogens (tertiary/aromatic N) is 2. The third-order valence-corrected chi connectivity index (χ3v) is 3.92. The van der Waals surface area contributed by atoms with Gasteiger partial charge in [-0.25, -0.2) is 9.37 Å². The van der Waals surface area contributed by atoms with Crippen molar-refractivity contribution in [3.63, 3.8) is 0 Å². The Balaban J connectivity index is 2.32. The smallest absolute Gasteiger partial charge is 0.181 e. The van der Waals surface area contributed by atoms with Gasteiger partial charge in [-0.3, -0.25) is 0 Å². The van der Waals surface area contributed by atoms with Crippen LogP contribution in [0.2, 0.25) is 5.02 Å². The van der Waals surface area contributed by atoms with Crippen molar-refractivity contribution in [2.75, 3.05) is 19.0 Å². The summed E-state index contributed by atoms with van der Waals surface area (Å²) >= 11 is 6.09. The quantitative estimate of drug-likeness (QED) is 0.752.